The fraction of sp³-hybridized carbons (Fsp3) is 0.360. The minimum absolute atomic E-state index is 0.193. The maximum absolute atomic E-state index is 12.9. The lowest BCUT2D eigenvalue weighted by Gasteiger charge is -2.29. The number of ether oxygens (including phenoxy) is 2. The molecule has 0 N–H and O–H groups in total. The molecule has 1 saturated heterocycles. The van der Waals surface area contributed by atoms with Crippen LogP contribution in [0.15, 0.2) is 81.7 Å². The topological polar surface area (TPSA) is 55.8 Å². The van der Waals surface area contributed by atoms with E-state index < -0.39 is 11.9 Å². The van der Waals surface area contributed by atoms with E-state index in [1.165, 1.54) is 20.6 Å². The third-order valence-electron chi connectivity index (χ3n) is 5.58. The molecule has 0 amide bonds. The fourth-order valence-electron chi connectivity index (χ4n) is 3.62. The Labute approximate surface area is 178 Å². The van der Waals surface area contributed by atoms with E-state index >= 15 is 0 Å². The molecule has 30 heavy (non-hydrogen) atoms. The number of carbonyl (C=O) groups excluding carboxylic acids is 2. The van der Waals surface area contributed by atoms with Crippen LogP contribution in [0.2, 0.25) is 0 Å². The first kappa shape index (κ1) is 21.6. The number of esters is 2. The van der Waals surface area contributed by atoms with Crippen molar-refractivity contribution in [2.75, 3.05) is 27.3 Å². The van der Waals surface area contributed by atoms with Gasteiger partial charge in [0, 0.05) is 18.7 Å². The molecular formula is C25H29NO4. The van der Waals surface area contributed by atoms with Gasteiger partial charge >= 0.3 is 11.9 Å². The number of hydrogen-bond acceptors (Lipinski definition) is 5. The molecule has 0 bridgehead atoms. The first-order valence-corrected chi connectivity index (χ1v) is 10.2. The average Bonchev–Trinajstić information content (AvgIpc) is 2.96. The first-order valence-electron chi connectivity index (χ1n) is 10.2. The van der Waals surface area contributed by atoms with Crippen LogP contribution in [0, 0.1) is 5.92 Å². The summed E-state index contributed by atoms with van der Waals surface area (Å²) in [6.07, 6.45) is 15.0. The number of rotatable bonds is 5. The second-order valence-corrected chi connectivity index (χ2v) is 7.87. The van der Waals surface area contributed by atoms with Crippen LogP contribution in [0.25, 0.3) is 0 Å². The number of likely N-dealkylation sites (tertiary alicyclic amines) is 1. The standard InChI is InChI=1S/C25H29NO4/c1-16(2)19-8-7-17(3)22-21(15-19)18(11-14-26-12-6-13-26)9-10-20(24(27)29-4)23(22)25(28)30-5/h7-11,14-16H,6,12-13H2,1-5H3/b14-11+. The first-order chi connectivity index (χ1) is 14.4. The van der Waals surface area contributed by atoms with Gasteiger partial charge in [-0.1, -0.05) is 38.2 Å². The van der Waals surface area contributed by atoms with Crippen molar-refractivity contribution in [2.45, 2.75) is 27.2 Å². The highest BCUT2D eigenvalue weighted by atomic mass is 16.5. The van der Waals surface area contributed by atoms with E-state index in [1.54, 1.807) is 6.08 Å². The van der Waals surface area contributed by atoms with Crippen LogP contribution >= 0.6 is 0 Å². The van der Waals surface area contributed by atoms with E-state index in [1.807, 2.05) is 25.2 Å². The molecule has 0 aromatic carbocycles. The van der Waals surface area contributed by atoms with Crippen molar-refractivity contribution < 1.29 is 19.1 Å². The van der Waals surface area contributed by atoms with E-state index in [9.17, 15) is 9.59 Å². The van der Waals surface area contributed by atoms with Gasteiger partial charge < -0.3 is 14.4 Å². The number of nitrogens with zero attached hydrogens (tertiary/aromatic N) is 1. The van der Waals surface area contributed by atoms with Gasteiger partial charge in [0.15, 0.2) is 0 Å². The monoisotopic (exact) mass is 407 g/mol. The van der Waals surface area contributed by atoms with Crippen molar-refractivity contribution in [1.29, 1.82) is 0 Å². The maximum Gasteiger partial charge on any atom is 0.339 e. The molecule has 0 unspecified atom stereocenters. The van der Waals surface area contributed by atoms with E-state index in [0.29, 0.717) is 11.5 Å². The van der Waals surface area contributed by atoms with Crippen molar-refractivity contribution in [2.24, 2.45) is 5.92 Å². The Morgan fingerprint density at radius 3 is 2.30 bits per heavy atom. The van der Waals surface area contributed by atoms with Crippen LogP contribution in [0.1, 0.15) is 27.2 Å². The summed E-state index contributed by atoms with van der Waals surface area (Å²) in [4.78, 5) is 27.7. The van der Waals surface area contributed by atoms with Gasteiger partial charge in [0.1, 0.15) is 0 Å². The molecule has 5 heteroatoms. The molecule has 158 valence electrons. The van der Waals surface area contributed by atoms with Crippen molar-refractivity contribution in [3.63, 3.8) is 0 Å². The number of fused-ring (bicyclic) bond motifs is 1. The lowest BCUT2D eigenvalue weighted by Crippen LogP contribution is -2.31. The van der Waals surface area contributed by atoms with E-state index in [-0.39, 0.29) is 11.1 Å². The smallest absolute Gasteiger partial charge is 0.339 e. The second-order valence-electron chi connectivity index (χ2n) is 7.87. The zero-order valence-corrected chi connectivity index (χ0v) is 18.3. The summed E-state index contributed by atoms with van der Waals surface area (Å²) in [6.45, 7) is 8.30. The predicted molar refractivity (Wildman–Crippen MR) is 117 cm³/mol. The van der Waals surface area contributed by atoms with Gasteiger partial charge in [-0.05, 0) is 59.9 Å². The van der Waals surface area contributed by atoms with Gasteiger partial charge in [-0.3, -0.25) is 0 Å². The molecule has 1 fully saturated rings. The van der Waals surface area contributed by atoms with Crippen LogP contribution in [0.3, 0.4) is 0 Å². The molecular weight excluding hydrogens is 378 g/mol. The molecule has 1 aliphatic heterocycles. The van der Waals surface area contributed by atoms with Gasteiger partial charge in [-0.25, -0.2) is 9.59 Å². The molecule has 0 atom stereocenters. The Morgan fingerprint density at radius 2 is 1.73 bits per heavy atom. The zero-order valence-electron chi connectivity index (χ0n) is 18.3. The number of methoxy groups -OCH3 is 2. The largest absolute Gasteiger partial charge is 0.465 e. The van der Waals surface area contributed by atoms with Gasteiger partial charge in [-0.2, -0.15) is 0 Å². The van der Waals surface area contributed by atoms with Gasteiger partial charge in [0.2, 0.25) is 0 Å². The Balaban J connectivity index is 2.30. The average molecular weight is 408 g/mol. The predicted octanol–water partition coefficient (Wildman–Crippen LogP) is 4.18. The molecule has 1 heterocycles. The lowest BCUT2D eigenvalue weighted by molar-refractivity contribution is -0.138. The van der Waals surface area contributed by atoms with Crippen LogP contribution in [-0.2, 0) is 19.1 Å². The molecule has 0 aromatic heterocycles. The minimum atomic E-state index is -0.569. The summed E-state index contributed by atoms with van der Waals surface area (Å²) in [5.74, 6) is -0.824. The van der Waals surface area contributed by atoms with Gasteiger partial charge in [-0.15, -0.1) is 0 Å². The van der Waals surface area contributed by atoms with Crippen LogP contribution < -0.4 is 0 Å². The maximum atomic E-state index is 12.9. The summed E-state index contributed by atoms with van der Waals surface area (Å²) >= 11 is 0. The molecule has 0 aromatic rings. The summed E-state index contributed by atoms with van der Waals surface area (Å²) in [5, 5.41) is 0. The minimum Gasteiger partial charge on any atom is -0.465 e. The van der Waals surface area contributed by atoms with Crippen molar-refractivity contribution >= 4 is 11.9 Å². The molecule has 2 aliphatic carbocycles. The molecule has 3 rings (SSSR count). The van der Waals surface area contributed by atoms with Gasteiger partial charge in [0.05, 0.1) is 25.4 Å². The summed E-state index contributed by atoms with van der Waals surface area (Å²) in [7, 11) is 2.64. The van der Waals surface area contributed by atoms with Crippen molar-refractivity contribution in [3.05, 3.63) is 81.7 Å². The third-order valence-corrected chi connectivity index (χ3v) is 5.58. The van der Waals surface area contributed by atoms with Crippen LogP contribution in [-0.4, -0.2) is 44.1 Å². The van der Waals surface area contributed by atoms with E-state index in [4.69, 9.17) is 9.47 Å². The number of hydrogen-bond donors (Lipinski definition) is 0. The molecule has 3 aliphatic rings. The van der Waals surface area contributed by atoms with Crippen LogP contribution in [0.5, 0.6) is 0 Å². The van der Waals surface area contributed by atoms with E-state index in [2.05, 4.69) is 37.1 Å². The normalized spacial score (nSPS) is 19.0. The third kappa shape index (κ3) is 4.25. The summed E-state index contributed by atoms with van der Waals surface area (Å²) < 4.78 is 10.1. The molecule has 5 nitrogen and oxygen atoms in total. The second kappa shape index (κ2) is 9.16. The Hall–Kier alpha value is -3.08. The number of carbonyl (C=O) groups is 2. The highest BCUT2D eigenvalue weighted by Crippen LogP contribution is 2.38. The fourth-order valence-corrected chi connectivity index (χ4v) is 3.62. The molecule has 0 radical (unpaired) electrons. The quantitative estimate of drug-likeness (QED) is 0.640. The number of allylic oxidation sites excluding steroid dienone is 9. The van der Waals surface area contributed by atoms with Crippen molar-refractivity contribution in [3.8, 4) is 0 Å². The molecule has 0 spiro atoms. The summed E-state index contributed by atoms with van der Waals surface area (Å²) in [5.41, 5.74) is 4.98. The van der Waals surface area contributed by atoms with Crippen LogP contribution in [0.4, 0.5) is 0 Å². The van der Waals surface area contributed by atoms with Gasteiger partial charge in [0.25, 0.3) is 0 Å². The SMILES string of the molecule is COC(=O)C1=C(C(=O)OC)C2=C(C)C=CC(C(C)C)=CC2=C(/C=C/N2CCC2)C=C1. The van der Waals surface area contributed by atoms with Crippen molar-refractivity contribution in [1.82, 2.24) is 4.90 Å². The highest BCUT2D eigenvalue weighted by Gasteiger charge is 2.30. The highest BCUT2D eigenvalue weighted by molar-refractivity contribution is 6.07. The molecule has 0 saturated carbocycles. The Kier molecular flexibility index (Phi) is 6.60. The zero-order chi connectivity index (χ0) is 21.8. The lowest BCUT2D eigenvalue weighted by atomic mass is 9.88. The van der Waals surface area contributed by atoms with E-state index in [0.717, 1.165) is 35.4 Å². The Morgan fingerprint density at radius 1 is 1.03 bits per heavy atom. The Bertz CT molecular complexity index is 963. The summed E-state index contributed by atoms with van der Waals surface area (Å²) in [6, 6.07) is 0.